The Morgan fingerprint density at radius 1 is 0.950 bits per heavy atom. The smallest absolute Gasteiger partial charge is 0.126 e. The highest BCUT2D eigenvalue weighted by Gasteiger charge is 2.08. The first-order valence-electron chi connectivity index (χ1n) is 6.32. The fourth-order valence-corrected chi connectivity index (χ4v) is 2.53. The average molecular weight is 284 g/mol. The van der Waals surface area contributed by atoms with Crippen LogP contribution in [-0.2, 0) is 0 Å². The van der Waals surface area contributed by atoms with Crippen LogP contribution in [0.15, 0.2) is 54.6 Å². The fourth-order valence-electron chi connectivity index (χ4n) is 2.41. The van der Waals surface area contributed by atoms with E-state index >= 15 is 0 Å². The Morgan fingerprint density at radius 3 is 2.40 bits per heavy atom. The minimum atomic E-state index is 0.576. The summed E-state index contributed by atoms with van der Waals surface area (Å²) in [6.07, 6.45) is 0. The van der Waals surface area contributed by atoms with Gasteiger partial charge in [0.2, 0.25) is 0 Å². The van der Waals surface area contributed by atoms with Crippen molar-refractivity contribution in [3.63, 3.8) is 0 Å². The number of hydrogen-bond donors (Lipinski definition) is 1. The van der Waals surface area contributed by atoms with Gasteiger partial charge in [-0.25, -0.2) is 0 Å². The summed E-state index contributed by atoms with van der Waals surface area (Å²) in [6, 6.07) is 17.9. The first-order chi connectivity index (χ1) is 9.70. The van der Waals surface area contributed by atoms with Gasteiger partial charge in [0.15, 0.2) is 0 Å². The van der Waals surface area contributed by atoms with Crippen LogP contribution < -0.4 is 10.5 Å². The van der Waals surface area contributed by atoms with Crippen molar-refractivity contribution in [3.8, 4) is 16.9 Å². The monoisotopic (exact) mass is 283 g/mol. The third kappa shape index (κ3) is 2.08. The lowest BCUT2D eigenvalue weighted by Crippen LogP contribution is -1.90. The number of nitrogen functional groups attached to an aromatic ring is 1. The minimum absolute atomic E-state index is 0.576. The quantitative estimate of drug-likeness (QED) is 0.689. The zero-order valence-corrected chi connectivity index (χ0v) is 11.8. The topological polar surface area (TPSA) is 35.2 Å². The lowest BCUT2D eigenvalue weighted by Gasteiger charge is -2.11. The van der Waals surface area contributed by atoms with Crippen molar-refractivity contribution in [2.75, 3.05) is 12.8 Å². The molecule has 20 heavy (non-hydrogen) atoms. The maximum Gasteiger partial charge on any atom is 0.126 e. The number of nitrogens with two attached hydrogens (primary N) is 1. The van der Waals surface area contributed by atoms with Gasteiger partial charge in [-0.3, -0.25) is 0 Å². The maximum absolute atomic E-state index is 5.99. The number of rotatable bonds is 2. The number of fused-ring (bicyclic) bond motifs is 1. The SMILES string of the molecule is COc1ccc(-c2ccc(Cl)c(N)c2)c2ccccc12. The van der Waals surface area contributed by atoms with Crippen LogP contribution in [0.2, 0.25) is 5.02 Å². The standard InChI is InChI=1S/C17H14ClNO/c1-20-17-9-7-12(13-4-2-3-5-14(13)17)11-6-8-15(18)16(19)10-11/h2-10H,19H2,1H3. The first-order valence-corrected chi connectivity index (χ1v) is 6.69. The van der Waals surface area contributed by atoms with Gasteiger partial charge in [0.05, 0.1) is 17.8 Å². The second-order valence-electron chi connectivity index (χ2n) is 4.60. The number of ether oxygens (including phenoxy) is 1. The molecule has 3 rings (SSSR count). The highest BCUT2D eigenvalue weighted by molar-refractivity contribution is 6.33. The molecule has 0 amide bonds. The molecular weight excluding hydrogens is 270 g/mol. The van der Waals surface area contributed by atoms with Crippen LogP contribution in [0, 0.1) is 0 Å². The van der Waals surface area contributed by atoms with Crippen molar-refractivity contribution in [2.45, 2.75) is 0 Å². The van der Waals surface area contributed by atoms with Gasteiger partial charge >= 0.3 is 0 Å². The predicted molar refractivity (Wildman–Crippen MR) is 85.4 cm³/mol. The zero-order chi connectivity index (χ0) is 14.1. The molecule has 0 spiro atoms. The molecule has 0 aliphatic rings. The van der Waals surface area contributed by atoms with Gasteiger partial charge in [-0.2, -0.15) is 0 Å². The number of halogens is 1. The summed E-state index contributed by atoms with van der Waals surface area (Å²) in [5, 5.41) is 2.79. The molecule has 100 valence electrons. The Labute approximate surface area is 122 Å². The lowest BCUT2D eigenvalue weighted by molar-refractivity contribution is 0.420. The predicted octanol–water partition coefficient (Wildman–Crippen LogP) is 4.75. The molecule has 0 saturated heterocycles. The van der Waals surface area contributed by atoms with Crippen LogP contribution in [0.4, 0.5) is 5.69 Å². The van der Waals surface area contributed by atoms with E-state index in [4.69, 9.17) is 22.1 Å². The third-order valence-electron chi connectivity index (χ3n) is 3.41. The van der Waals surface area contributed by atoms with Crippen LogP contribution >= 0.6 is 11.6 Å². The average Bonchev–Trinajstić information content (AvgIpc) is 2.49. The molecular formula is C17H14ClNO. The molecule has 2 nitrogen and oxygen atoms in total. The largest absolute Gasteiger partial charge is 0.496 e. The van der Waals surface area contributed by atoms with Gasteiger partial charge in [-0.15, -0.1) is 0 Å². The van der Waals surface area contributed by atoms with Gasteiger partial charge in [0, 0.05) is 5.39 Å². The van der Waals surface area contributed by atoms with E-state index in [1.807, 2.05) is 42.5 Å². The second-order valence-corrected chi connectivity index (χ2v) is 5.00. The van der Waals surface area contributed by atoms with E-state index in [1.165, 1.54) is 0 Å². The Hall–Kier alpha value is -2.19. The summed E-state index contributed by atoms with van der Waals surface area (Å²) in [6.45, 7) is 0. The van der Waals surface area contributed by atoms with Crippen molar-refractivity contribution in [1.29, 1.82) is 0 Å². The number of anilines is 1. The van der Waals surface area contributed by atoms with Crippen molar-refractivity contribution in [3.05, 3.63) is 59.6 Å². The van der Waals surface area contributed by atoms with E-state index in [0.717, 1.165) is 27.6 Å². The Balaban J connectivity index is 2.29. The van der Waals surface area contributed by atoms with Crippen LogP contribution in [0.3, 0.4) is 0 Å². The summed E-state index contributed by atoms with van der Waals surface area (Å²) in [5.74, 6) is 0.867. The highest BCUT2D eigenvalue weighted by Crippen LogP contribution is 2.35. The Bertz CT molecular complexity index is 783. The normalized spacial score (nSPS) is 10.7. The molecule has 0 bridgehead atoms. The van der Waals surface area contributed by atoms with Crippen LogP contribution in [0.5, 0.6) is 5.75 Å². The van der Waals surface area contributed by atoms with Crippen LogP contribution in [0.1, 0.15) is 0 Å². The van der Waals surface area contributed by atoms with Crippen molar-refractivity contribution in [1.82, 2.24) is 0 Å². The van der Waals surface area contributed by atoms with Crippen molar-refractivity contribution < 1.29 is 4.74 Å². The van der Waals surface area contributed by atoms with Gasteiger partial charge in [-0.1, -0.05) is 48.0 Å². The Kier molecular flexibility index (Phi) is 3.25. The minimum Gasteiger partial charge on any atom is -0.496 e. The summed E-state index contributed by atoms with van der Waals surface area (Å²) in [5.41, 5.74) is 8.65. The number of hydrogen-bond acceptors (Lipinski definition) is 2. The molecule has 0 saturated carbocycles. The molecule has 0 radical (unpaired) electrons. The van der Waals surface area contributed by atoms with Crippen LogP contribution in [-0.4, -0.2) is 7.11 Å². The van der Waals surface area contributed by atoms with Crippen LogP contribution in [0.25, 0.3) is 21.9 Å². The van der Waals surface area contributed by atoms with Crippen molar-refractivity contribution >= 4 is 28.1 Å². The lowest BCUT2D eigenvalue weighted by atomic mass is 9.97. The molecule has 0 aliphatic heterocycles. The second kappa shape index (κ2) is 5.06. The summed E-state index contributed by atoms with van der Waals surface area (Å²) in [4.78, 5) is 0. The first kappa shape index (κ1) is 12.8. The summed E-state index contributed by atoms with van der Waals surface area (Å²) < 4.78 is 5.42. The number of methoxy groups -OCH3 is 1. The van der Waals surface area contributed by atoms with E-state index in [2.05, 4.69) is 12.1 Å². The molecule has 0 heterocycles. The molecule has 0 aromatic heterocycles. The number of benzene rings is 3. The highest BCUT2D eigenvalue weighted by atomic mass is 35.5. The van der Waals surface area contributed by atoms with Crippen molar-refractivity contribution in [2.24, 2.45) is 0 Å². The molecule has 0 unspecified atom stereocenters. The third-order valence-corrected chi connectivity index (χ3v) is 3.76. The van der Waals surface area contributed by atoms with Gasteiger partial charge in [0.1, 0.15) is 5.75 Å². The van der Waals surface area contributed by atoms with Gasteiger partial charge < -0.3 is 10.5 Å². The van der Waals surface area contributed by atoms with E-state index in [-0.39, 0.29) is 0 Å². The van der Waals surface area contributed by atoms with E-state index in [9.17, 15) is 0 Å². The summed E-state index contributed by atoms with van der Waals surface area (Å²) in [7, 11) is 1.68. The molecule has 0 aliphatic carbocycles. The molecule has 3 heteroatoms. The Morgan fingerprint density at radius 2 is 1.70 bits per heavy atom. The molecule has 3 aromatic carbocycles. The van der Waals surface area contributed by atoms with E-state index in [0.29, 0.717) is 10.7 Å². The maximum atomic E-state index is 5.99. The zero-order valence-electron chi connectivity index (χ0n) is 11.1. The molecule has 0 fully saturated rings. The van der Waals surface area contributed by atoms with Gasteiger partial charge in [-0.05, 0) is 34.7 Å². The summed E-state index contributed by atoms with van der Waals surface area (Å²) >= 11 is 5.99. The van der Waals surface area contributed by atoms with Gasteiger partial charge in [0.25, 0.3) is 0 Å². The molecule has 3 aromatic rings. The molecule has 0 atom stereocenters. The molecule has 2 N–H and O–H groups in total. The fraction of sp³-hybridized carbons (Fsp3) is 0.0588. The van der Waals surface area contributed by atoms with E-state index in [1.54, 1.807) is 7.11 Å². The van der Waals surface area contributed by atoms with E-state index < -0.39 is 0 Å².